The standard InChI is InChI=1S/C20H37NO4/c1-5-6-7-8-9-10-11-12-13-14-15-20(24)25-18(16-19(22)23)17-21(2,3)4/h13-14,18H,5-12,15-17H2,1-4H3/b14-13+. The fourth-order valence-electron chi connectivity index (χ4n) is 2.69. The van der Waals surface area contributed by atoms with Crippen molar-refractivity contribution in [1.82, 2.24) is 0 Å². The van der Waals surface area contributed by atoms with Crippen LogP contribution in [0.3, 0.4) is 0 Å². The molecule has 0 radical (unpaired) electrons. The van der Waals surface area contributed by atoms with Crippen LogP contribution in [-0.4, -0.2) is 50.2 Å². The zero-order valence-corrected chi connectivity index (χ0v) is 16.6. The Kier molecular flexibility index (Phi) is 13.1. The Hall–Kier alpha value is -1.36. The maximum absolute atomic E-state index is 11.9. The Bertz CT molecular complexity index is 399. The van der Waals surface area contributed by atoms with Crippen LogP contribution in [0.25, 0.3) is 0 Å². The molecule has 0 aromatic rings. The maximum Gasteiger partial charge on any atom is 0.310 e. The summed E-state index contributed by atoms with van der Waals surface area (Å²) < 4.78 is 5.82. The molecule has 0 N–H and O–H groups in total. The molecule has 0 spiro atoms. The van der Waals surface area contributed by atoms with Gasteiger partial charge < -0.3 is 19.1 Å². The average molecular weight is 356 g/mol. The lowest BCUT2D eigenvalue weighted by Gasteiger charge is -2.29. The average Bonchev–Trinajstić information content (AvgIpc) is 2.46. The number of nitrogens with zero attached hydrogens (tertiary/aromatic N) is 1. The molecule has 0 aromatic carbocycles. The number of carboxylic acids is 1. The number of likely N-dealkylation sites (N-methyl/N-ethyl adjacent to an activating group) is 1. The van der Waals surface area contributed by atoms with Gasteiger partial charge in [0.2, 0.25) is 0 Å². The summed E-state index contributed by atoms with van der Waals surface area (Å²) in [6.45, 7) is 2.67. The lowest BCUT2D eigenvalue weighted by Crippen LogP contribution is -2.45. The smallest absolute Gasteiger partial charge is 0.310 e. The first kappa shape index (κ1) is 23.6. The summed E-state index contributed by atoms with van der Waals surface area (Å²) in [5.74, 6) is -1.57. The second-order valence-electron chi connectivity index (χ2n) is 7.75. The molecule has 5 heteroatoms. The molecular formula is C20H37NO4. The molecule has 0 aromatic heterocycles. The molecule has 0 bridgehead atoms. The van der Waals surface area contributed by atoms with Crippen LogP contribution in [0.15, 0.2) is 12.2 Å². The second kappa shape index (κ2) is 13.9. The minimum absolute atomic E-state index is 0.192. The van der Waals surface area contributed by atoms with E-state index in [2.05, 4.69) is 6.92 Å². The number of carbonyl (C=O) groups excluding carboxylic acids is 2. The van der Waals surface area contributed by atoms with Crippen LogP contribution in [0.5, 0.6) is 0 Å². The van der Waals surface area contributed by atoms with Gasteiger partial charge in [-0.1, -0.05) is 57.6 Å². The van der Waals surface area contributed by atoms with Gasteiger partial charge in [0.15, 0.2) is 6.10 Å². The van der Waals surface area contributed by atoms with Gasteiger partial charge in [-0.15, -0.1) is 0 Å². The van der Waals surface area contributed by atoms with E-state index in [0.29, 0.717) is 11.0 Å². The largest absolute Gasteiger partial charge is 0.550 e. The third kappa shape index (κ3) is 17.3. The highest BCUT2D eigenvalue weighted by atomic mass is 16.5. The molecule has 146 valence electrons. The third-order valence-corrected chi connectivity index (χ3v) is 3.87. The van der Waals surface area contributed by atoms with Crippen molar-refractivity contribution in [3.8, 4) is 0 Å². The van der Waals surface area contributed by atoms with Crippen molar-refractivity contribution in [2.24, 2.45) is 0 Å². The first-order valence-electron chi connectivity index (χ1n) is 9.59. The van der Waals surface area contributed by atoms with E-state index in [-0.39, 0.29) is 18.8 Å². The van der Waals surface area contributed by atoms with E-state index in [0.717, 1.165) is 12.8 Å². The summed E-state index contributed by atoms with van der Waals surface area (Å²) in [7, 11) is 5.79. The zero-order chi connectivity index (χ0) is 19.1. The number of hydrogen-bond acceptors (Lipinski definition) is 4. The highest BCUT2D eigenvalue weighted by Gasteiger charge is 2.21. The van der Waals surface area contributed by atoms with Gasteiger partial charge in [0.1, 0.15) is 6.54 Å². The van der Waals surface area contributed by atoms with E-state index < -0.39 is 12.1 Å². The van der Waals surface area contributed by atoms with E-state index in [1.165, 1.54) is 38.5 Å². The number of carbonyl (C=O) groups is 2. The number of allylic oxidation sites excluding steroid dienone is 1. The monoisotopic (exact) mass is 355 g/mol. The molecule has 0 aliphatic heterocycles. The van der Waals surface area contributed by atoms with Gasteiger partial charge in [-0.3, -0.25) is 4.79 Å². The van der Waals surface area contributed by atoms with E-state index >= 15 is 0 Å². The van der Waals surface area contributed by atoms with Crippen LogP contribution in [0.1, 0.15) is 71.1 Å². The number of unbranched alkanes of at least 4 members (excludes halogenated alkanes) is 7. The van der Waals surface area contributed by atoms with Crippen molar-refractivity contribution in [3.63, 3.8) is 0 Å². The SMILES string of the molecule is CCCCCCCCC/C=C/CC(=O)OC(CC(=O)[O-])C[N+](C)(C)C. The number of ether oxygens (including phenoxy) is 1. The molecule has 1 atom stereocenters. The number of quaternary nitrogens is 1. The molecule has 0 heterocycles. The summed E-state index contributed by atoms with van der Waals surface area (Å²) in [6.07, 6.45) is 13.0. The fraction of sp³-hybridized carbons (Fsp3) is 0.800. The van der Waals surface area contributed by atoms with Gasteiger partial charge in [-0.25, -0.2) is 0 Å². The predicted octanol–water partition coefficient (Wildman–Crippen LogP) is 2.83. The number of hydrogen-bond donors (Lipinski definition) is 0. The Morgan fingerprint density at radius 3 is 2.16 bits per heavy atom. The summed E-state index contributed by atoms with van der Waals surface area (Å²) in [4.78, 5) is 22.7. The molecule has 1 unspecified atom stereocenters. The van der Waals surface area contributed by atoms with Crippen molar-refractivity contribution in [3.05, 3.63) is 12.2 Å². The molecular weight excluding hydrogens is 318 g/mol. The zero-order valence-electron chi connectivity index (χ0n) is 16.6. The molecule has 0 rings (SSSR count). The highest BCUT2D eigenvalue weighted by Crippen LogP contribution is 2.09. The van der Waals surface area contributed by atoms with Crippen molar-refractivity contribution < 1.29 is 23.9 Å². The molecule has 0 amide bonds. The van der Waals surface area contributed by atoms with Gasteiger partial charge in [0.25, 0.3) is 0 Å². The fourth-order valence-corrected chi connectivity index (χ4v) is 2.69. The number of rotatable bonds is 15. The molecule has 0 saturated carbocycles. The van der Waals surface area contributed by atoms with Crippen LogP contribution in [-0.2, 0) is 14.3 Å². The summed E-state index contributed by atoms with van der Waals surface area (Å²) in [6, 6.07) is 0. The minimum Gasteiger partial charge on any atom is -0.550 e. The van der Waals surface area contributed by atoms with E-state index in [1.54, 1.807) is 0 Å². The Morgan fingerprint density at radius 2 is 1.60 bits per heavy atom. The van der Waals surface area contributed by atoms with Gasteiger partial charge in [0.05, 0.1) is 27.6 Å². The predicted molar refractivity (Wildman–Crippen MR) is 98.8 cm³/mol. The van der Waals surface area contributed by atoms with Gasteiger partial charge >= 0.3 is 5.97 Å². The van der Waals surface area contributed by atoms with Gasteiger partial charge in [-0.2, -0.15) is 0 Å². The number of carboxylic acid groups (broad SMARTS) is 1. The normalized spacial score (nSPS) is 13.1. The number of esters is 1. The first-order valence-corrected chi connectivity index (χ1v) is 9.59. The number of aliphatic carboxylic acids is 1. The van der Waals surface area contributed by atoms with Gasteiger partial charge in [0, 0.05) is 12.4 Å². The van der Waals surface area contributed by atoms with Crippen LogP contribution >= 0.6 is 0 Å². The van der Waals surface area contributed by atoms with Crippen molar-refractivity contribution in [2.75, 3.05) is 27.7 Å². The topological polar surface area (TPSA) is 66.4 Å². The second-order valence-corrected chi connectivity index (χ2v) is 7.75. The Morgan fingerprint density at radius 1 is 1.00 bits per heavy atom. The lowest BCUT2D eigenvalue weighted by atomic mass is 10.1. The maximum atomic E-state index is 11.9. The first-order chi connectivity index (χ1) is 11.7. The lowest BCUT2D eigenvalue weighted by molar-refractivity contribution is -0.873. The molecule has 0 aliphatic rings. The van der Waals surface area contributed by atoms with Crippen LogP contribution in [0.4, 0.5) is 0 Å². The van der Waals surface area contributed by atoms with Crippen molar-refractivity contribution in [1.29, 1.82) is 0 Å². The summed E-state index contributed by atoms with van der Waals surface area (Å²) in [5, 5.41) is 10.8. The van der Waals surface area contributed by atoms with E-state index in [1.807, 2.05) is 33.3 Å². The van der Waals surface area contributed by atoms with E-state index in [4.69, 9.17) is 4.74 Å². The Balaban J connectivity index is 3.92. The van der Waals surface area contributed by atoms with Crippen LogP contribution in [0.2, 0.25) is 0 Å². The molecule has 5 nitrogen and oxygen atoms in total. The molecule has 25 heavy (non-hydrogen) atoms. The van der Waals surface area contributed by atoms with Crippen LogP contribution < -0.4 is 5.11 Å². The van der Waals surface area contributed by atoms with Crippen molar-refractivity contribution in [2.45, 2.75) is 77.2 Å². The minimum atomic E-state index is -1.19. The van der Waals surface area contributed by atoms with E-state index in [9.17, 15) is 14.7 Å². The Labute approximate surface area is 153 Å². The highest BCUT2D eigenvalue weighted by molar-refractivity contribution is 5.72. The summed E-state index contributed by atoms with van der Waals surface area (Å²) >= 11 is 0. The van der Waals surface area contributed by atoms with Crippen molar-refractivity contribution >= 4 is 11.9 Å². The molecule has 0 saturated heterocycles. The van der Waals surface area contributed by atoms with Crippen LogP contribution in [0, 0.1) is 0 Å². The van der Waals surface area contributed by atoms with Gasteiger partial charge in [-0.05, 0) is 12.8 Å². The molecule has 0 aliphatic carbocycles. The summed E-state index contributed by atoms with van der Waals surface area (Å²) in [5.41, 5.74) is 0. The third-order valence-electron chi connectivity index (χ3n) is 3.87. The quantitative estimate of drug-likeness (QED) is 0.196. The molecule has 0 fully saturated rings.